The van der Waals surface area contributed by atoms with E-state index in [1.54, 1.807) is 0 Å². The van der Waals surface area contributed by atoms with Crippen LogP contribution in [0.5, 0.6) is 0 Å². The molecule has 2 heterocycles. The molecular weight excluding hydrogens is 595 g/mol. The maximum absolute atomic E-state index is 4.90. The molecule has 2 aromatic heterocycles. The number of nitrogens with zero attached hydrogens (tertiary/aromatic N) is 3. The molecule has 6 aromatic carbocycles. The summed E-state index contributed by atoms with van der Waals surface area (Å²) in [7, 11) is 0. The van der Waals surface area contributed by atoms with E-state index in [1.165, 1.54) is 33.0 Å². The van der Waals surface area contributed by atoms with E-state index in [2.05, 4.69) is 183 Å². The molecule has 0 aliphatic rings. The van der Waals surface area contributed by atoms with Crippen LogP contribution in [0.4, 0.5) is 17.1 Å². The van der Waals surface area contributed by atoms with Gasteiger partial charge in [-0.3, -0.25) is 9.97 Å². The number of benzene rings is 6. The van der Waals surface area contributed by atoms with E-state index >= 15 is 0 Å². The summed E-state index contributed by atoms with van der Waals surface area (Å²) < 4.78 is 0. The smallest absolute Gasteiger partial charge is 0.0709 e. The van der Waals surface area contributed by atoms with Gasteiger partial charge in [0.25, 0.3) is 0 Å². The topological polar surface area (TPSA) is 29.0 Å². The van der Waals surface area contributed by atoms with Crippen LogP contribution in [0.2, 0.25) is 0 Å². The molecule has 49 heavy (non-hydrogen) atoms. The average Bonchev–Trinajstić information content (AvgIpc) is 3.16. The van der Waals surface area contributed by atoms with Crippen LogP contribution in [0.15, 0.2) is 176 Å². The monoisotopic (exact) mass is 629 g/mol. The first kappa shape index (κ1) is 30.0. The van der Waals surface area contributed by atoms with Crippen molar-refractivity contribution in [2.75, 3.05) is 4.90 Å². The summed E-state index contributed by atoms with van der Waals surface area (Å²) in [5.74, 6) is 0. The first-order chi connectivity index (χ1) is 24.1. The zero-order valence-corrected chi connectivity index (χ0v) is 27.6. The van der Waals surface area contributed by atoms with Gasteiger partial charge >= 0.3 is 0 Å². The van der Waals surface area contributed by atoms with Gasteiger partial charge < -0.3 is 4.90 Å². The van der Waals surface area contributed by atoms with Crippen molar-refractivity contribution in [3.05, 3.63) is 187 Å². The Bertz CT molecular complexity index is 2280. The largest absolute Gasteiger partial charge is 0.310 e. The van der Waals surface area contributed by atoms with Crippen LogP contribution in [-0.4, -0.2) is 9.97 Å². The lowest BCUT2D eigenvalue weighted by Gasteiger charge is -2.28. The fraction of sp³-hybridized carbons (Fsp3) is 0.0435. The van der Waals surface area contributed by atoms with Crippen molar-refractivity contribution in [3.8, 4) is 44.8 Å². The minimum Gasteiger partial charge on any atom is -0.310 e. The van der Waals surface area contributed by atoms with E-state index in [0.29, 0.717) is 0 Å². The lowest BCUT2D eigenvalue weighted by Crippen LogP contribution is -2.11. The second kappa shape index (κ2) is 13.1. The summed E-state index contributed by atoms with van der Waals surface area (Å²) in [6.07, 6.45) is 3.96. The highest BCUT2D eigenvalue weighted by molar-refractivity contribution is 5.99. The van der Waals surface area contributed by atoms with Crippen molar-refractivity contribution < 1.29 is 0 Å². The third kappa shape index (κ3) is 5.99. The third-order valence-corrected chi connectivity index (χ3v) is 9.18. The Morgan fingerprint density at radius 2 is 0.857 bits per heavy atom. The number of fused-ring (bicyclic) bond motifs is 1. The third-order valence-electron chi connectivity index (χ3n) is 9.18. The Labute approximate surface area is 287 Å². The maximum Gasteiger partial charge on any atom is 0.0709 e. The van der Waals surface area contributed by atoms with E-state index in [9.17, 15) is 0 Å². The summed E-state index contributed by atoms with van der Waals surface area (Å²) in [6, 6.07) is 58.0. The molecule has 0 atom stereocenters. The standard InChI is InChI=1S/C46H35N3/c1-32-30-47-44(28-42(32)35-14-5-3-6-15-35)37-20-11-22-39(26-37)49(46-25-13-19-34-18-9-10-24-41(34)46)40-23-12-21-38(27-40)45-29-43(33(2)31-48-45)36-16-7-4-8-17-36/h3-31H,1-2H3. The minimum atomic E-state index is 0.940. The summed E-state index contributed by atoms with van der Waals surface area (Å²) in [4.78, 5) is 12.2. The van der Waals surface area contributed by atoms with E-state index in [-0.39, 0.29) is 0 Å². The van der Waals surface area contributed by atoms with Crippen molar-refractivity contribution in [1.82, 2.24) is 9.97 Å². The molecule has 0 spiro atoms. The number of hydrogen-bond acceptors (Lipinski definition) is 3. The number of hydrogen-bond donors (Lipinski definition) is 0. The lowest BCUT2D eigenvalue weighted by atomic mass is 9.98. The highest BCUT2D eigenvalue weighted by Gasteiger charge is 2.18. The van der Waals surface area contributed by atoms with Crippen molar-refractivity contribution in [2.45, 2.75) is 13.8 Å². The van der Waals surface area contributed by atoms with Crippen molar-refractivity contribution >= 4 is 27.8 Å². The van der Waals surface area contributed by atoms with Crippen LogP contribution in [0, 0.1) is 13.8 Å². The molecule has 0 saturated carbocycles. The Balaban J connectivity index is 1.27. The number of anilines is 3. The van der Waals surface area contributed by atoms with Gasteiger partial charge in [0.2, 0.25) is 0 Å². The van der Waals surface area contributed by atoms with Gasteiger partial charge in [-0.2, -0.15) is 0 Å². The van der Waals surface area contributed by atoms with Crippen LogP contribution >= 0.6 is 0 Å². The number of aryl methyl sites for hydroxylation is 2. The van der Waals surface area contributed by atoms with Gasteiger partial charge in [-0.1, -0.05) is 121 Å². The number of pyridine rings is 2. The zero-order valence-electron chi connectivity index (χ0n) is 27.6. The Hall–Kier alpha value is -6.32. The SMILES string of the molecule is Cc1cnc(-c2cccc(N(c3cccc(-c4cc(-c5ccccc5)c(C)cn4)c3)c3cccc4ccccc34)c2)cc1-c1ccccc1. The van der Waals surface area contributed by atoms with E-state index in [0.717, 1.165) is 50.7 Å². The lowest BCUT2D eigenvalue weighted by molar-refractivity contribution is 1.25. The molecule has 0 aliphatic heterocycles. The molecule has 0 aliphatic carbocycles. The van der Waals surface area contributed by atoms with Crippen molar-refractivity contribution in [3.63, 3.8) is 0 Å². The molecule has 0 radical (unpaired) electrons. The molecule has 0 fully saturated rings. The molecule has 0 bridgehead atoms. The van der Waals surface area contributed by atoms with Gasteiger partial charge in [0.1, 0.15) is 0 Å². The van der Waals surface area contributed by atoms with Crippen LogP contribution in [0.3, 0.4) is 0 Å². The van der Waals surface area contributed by atoms with Crippen molar-refractivity contribution in [2.24, 2.45) is 0 Å². The predicted molar refractivity (Wildman–Crippen MR) is 205 cm³/mol. The maximum atomic E-state index is 4.90. The van der Waals surface area contributed by atoms with Crippen LogP contribution in [0.1, 0.15) is 11.1 Å². The van der Waals surface area contributed by atoms with Crippen molar-refractivity contribution in [1.29, 1.82) is 0 Å². The highest BCUT2D eigenvalue weighted by atomic mass is 15.1. The van der Waals surface area contributed by atoms with E-state index in [1.807, 2.05) is 12.4 Å². The fourth-order valence-electron chi connectivity index (χ4n) is 6.66. The van der Waals surface area contributed by atoms with Crippen LogP contribution in [0.25, 0.3) is 55.5 Å². The van der Waals surface area contributed by atoms with Gasteiger partial charge in [-0.05, 0) is 95.1 Å². The van der Waals surface area contributed by atoms with E-state index in [4.69, 9.17) is 9.97 Å². The molecule has 8 aromatic rings. The molecule has 3 heteroatoms. The van der Waals surface area contributed by atoms with Gasteiger partial charge in [-0.25, -0.2) is 0 Å². The van der Waals surface area contributed by atoms with Gasteiger partial charge in [0, 0.05) is 40.3 Å². The fourth-order valence-corrected chi connectivity index (χ4v) is 6.66. The van der Waals surface area contributed by atoms with Gasteiger partial charge in [0.05, 0.1) is 17.1 Å². The molecule has 234 valence electrons. The molecule has 0 unspecified atom stereocenters. The van der Waals surface area contributed by atoms with Gasteiger partial charge in [-0.15, -0.1) is 0 Å². The number of rotatable bonds is 7. The second-order valence-electron chi connectivity index (χ2n) is 12.4. The zero-order chi connectivity index (χ0) is 33.2. The van der Waals surface area contributed by atoms with E-state index < -0.39 is 0 Å². The summed E-state index contributed by atoms with van der Waals surface area (Å²) in [6.45, 7) is 4.24. The minimum absolute atomic E-state index is 0.940. The predicted octanol–water partition coefficient (Wildman–Crippen LogP) is 12.4. The Morgan fingerprint density at radius 1 is 0.408 bits per heavy atom. The number of aromatic nitrogens is 2. The summed E-state index contributed by atoms with van der Waals surface area (Å²) >= 11 is 0. The quantitative estimate of drug-likeness (QED) is 0.176. The molecular formula is C46H35N3. The normalized spacial score (nSPS) is 11.1. The average molecular weight is 630 g/mol. The molecule has 0 saturated heterocycles. The molecule has 3 nitrogen and oxygen atoms in total. The summed E-state index contributed by atoms with van der Waals surface area (Å²) in [5, 5.41) is 2.37. The molecule has 0 N–H and O–H groups in total. The first-order valence-corrected chi connectivity index (χ1v) is 16.7. The van der Waals surface area contributed by atoms with Gasteiger partial charge in [0.15, 0.2) is 0 Å². The highest BCUT2D eigenvalue weighted by Crippen LogP contribution is 2.41. The summed E-state index contributed by atoms with van der Waals surface area (Å²) in [5.41, 5.74) is 14.3. The Kier molecular flexibility index (Phi) is 8.01. The molecule has 0 amide bonds. The second-order valence-corrected chi connectivity index (χ2v) is 12.4. The van der Waals surface area contributed by atoms with Crippen LogP contribution < -0.4 is 4.90 Å². The van der Waals surface area contributed by atoms with Crippen LogP contribution in [-0.2, 0) is 0 Å². The molecule has 8 rings (SSSR count). The Morgan fingerprint density at radius 3 is 1.41 bits per heavy atom. The first-order valence-electron chi connectivity index (χ1n) is 16.7.